The second-order valence-corrected chi connectivity index (χ2v) is 20.0. The molecule has 170 valence electrons. The summed E-state index contributed by atoms with van der Waals surface area (Å²) in [7, 11) is -3.52. The van der Waals surface area contributed by atoms with Gasteiger partial charge in [0.15, 0.2) is 8.07 Å². The maximum absolute atomic E-state index is 2.58. The summed E-state index contributed by atoms with van der Waals surface area (Å²) >= 11 is 0. The molecular weight excluding hydrogens is 453 g/mol. The van der Waals surface area contributed by atoms with Gasteiger partial charge in [-0.05, 0) is 73.0 Å². The number of benzene rings is 4. The van der Waals surface area contributed by atoms with Crippen LogP contribution in [0, 0.1) is 0 Å². The molecule has 0 saturated heterocycles. The third kappa shape index (κ3) is 2.96. The van der Waals surface area contributed by atoms with E-state index in [-0.39, 0.29) is 0 Å². The van der Waals surface area contributed by atoms with Crippen LogP contribution in [0.15, 0.2) is 108 Å². The Morgan fingerprint density at radius 2 is 1.29 bits per heavy atom. The van der Waals surface area contributed by atoms with Crippen molar-refractivity contribution in [3.63, 3.8) is 0 Å². The highest BCUT2D eigenvalue weighted by molar-refractivity contribution is 7.33. The van der Waals surface area contributed by atoms with E-state index in [0.29, 0.717) is 0 Å². The largest absolute Gasteiger partial charge is 0.180 e. The second-order valence-electron chi connectivity index (χ2n) is 11.3. The van der Waals surface area contributed by atoms with E-state index in [1.165, 1.54) is 38.2 Å². The molecule has 2 aliphatic carbocycles. The lowest BCUT2D eigenvalue weighted by atomic mass is 9.98. The van der Waals surface area contributed by atoms with Crippen molar-refractivity contribution in [3.8, 4) is 11.1 Å². The Kier molecular flexibility index (Phi) is 4.46. The molecule has 0 atom stereocenters. The average Bonchev–Trinajstić information content (AvgIpc) is 3.16. The molecule has 0 bridgehead atoms. The summed E-state index contributed by atoms with van der Waals surface area (Å²) in [5.41, 5.74) is 9.07. The van der Waals surface area contributed by atoms with E-state index in [4.69, 9.17) is 0 Å². The summed E-state index contributed by atoms with van der Waals surface area (Å²) in [5, 5.41) is 8.04. The van der Waals surface area contributed by atoms with Gasteiger partial charge >= 0.3 is 0 Å². The fraction of sp³-hybridized carbons (Fsp3) is 0.152. The van der Waals surface area contributed by atoms with Crippen molar-refractivity contribution >= 4 is 42.5 Å². The highest BCUT2D eigenvalue weighted by atomic mass is 28.3. The van der Waals surface area contributed by atoms with Crippen LogP contribution >= 0.6 is 0 Å². The first-order valence-corrected chi connectivity index (χ1v) is 18.3. The smallest absolute Gasteiger partial charge is 0.0808 e. The quantitative estimate of drug-likeness (QED) is 0.289. The van der Waals surface area contributed by atoms with Crippen LogP contribution in [0.25, 0.3) is 16.7 Å². The van der Waals surface area contributed by atoms with Crippen LogP contribution < -0.4 is 20.7 Å². The van der Waals surface area contributed by atoms with Crippen LogP contribution in [0.1, 0.15) is 23.1 Å². The molecular formula is C33H30Si2. The fourth-order valence-corrected chi connectivity index (χ4v) is 13.3. The fourth-order valence-electron chi connectivity index (χ4n) is 6.59. The summed E-state index contributed by atoms with van der Waals surface area (Å²) in [6.07, 6.45) is 7.22. The van der Waals surface area contributed by atoms with Crippen LogP contribution in [0.5, 0.6) is 0 Å². The highest BCUT2D eigenvalue weighted by Crippen LogP contribution is 2.43. The minimum absolute atomic E-state index is 1.07. The maximum Gasteiger partial charge on any atom is 0.180 e. The standard InChI is InChI=1S/C33H30Si2/c1-34(2,3)27-19-18-24(20-27)29-22-30-28-17-11-10-12-23(28)21-31(30)33-32(29)35(33,25-13-6-4-7-14-25)26-15-8-5-9-16-26/h4-17,19-20,22H,18,21H2,1-3H3. The molecule has 35 heavy (non-hydrogen) atoms. The van der Waals surface area contributed by atoms with Gasteiger partial charge in [0, 0.05) is 0 Å². The van der Waals surface area contributed by atoms with Crippen molar-refractivity contribution in [2.75, 3.05) is 0 Å². The van der Waals surface area contributed by atoms with Crippen molar-refractivity contribution in [3.05, 3.63) is 125 Å². The van der Waals surface area contributed by atoms with Gasteiger partial charge in [-0.1, -0.05) is 122 Å². The van der Waals surface area contributed by atoms with E-state index < -0.39 is 16.1 Å². The Hall–Kier alpha value is -3.21. The maximum atomic E-state index is 2.58. The molecule has 1 aliphatic heterocycles. The molecule has 4 aromatic carbocycles. The van der Waals surface area contributed by atoms with E-state index in [0.717, 1.165) is 12.8 Å². The van der Waals surface area contributed by atoms with Crippen molar-refractivity contribution in [1.29, 1.82) is 0 Å². The van der Waals surface area contributed by atoms with E-state index in [2.05, 4.69) is 123 Å². The van der Waals surface area contributed by atoms with Crippen molar-refractivity contribution < 1.29 is 0 Å². The van der Waals surface area contributed by atoms with Crippen LogP contribution in [0.4, 0.5) is 0 Å². The van der Waals surface area contributed by atoms with Gasteiger partial charge in [0.25, 0.3) is 0 Å². The van der Waals surface area contributed by atoms with Crippen molar-refractivity contribution in [1.82, 2.24) is 0 Å². The molecule has 0 radical (unpaired) electrons. The summed E-state index contributed by atoms with van der Waals surface area (Å²) in [6.45, 7) is 7.41. The first-order chi connectivity index (χ1) is 17.0. The number of rotatable bonds is 4. The Bertz CT molecular complexity index is 1510. The zero-order valence-corrected chi connectivity index (χ0v) is 22.7. The minimum Gasteiger partial charge on any atom is -0.0808 e. The predicted molar refractivity (Wildman–Crippen MR) is 156 cm³/mol. The van der Waals surface area contributed by atoms with Crippen LogP contribution in [0.2, 0.25) is 19.6 Å². The first-order valence-electron chi connectivity index (χ1n) is 12.8. The zero-order valence-electron chi connectivity index (χ0n) is 20.7. The van der Waals surface area contributed by atoms with Gasteiger partial charge in [-0.15, -0.1) is 0 Å². The molecule has 0 aromatic heterocycles. The van der Waals surface area contributed by atoms with Gasteiger partial charge in [-0.3, -0.25) is 0 Å². The van der Waals surface area contributed by atoms with Gasteiger partial charge < -0.3 is 0 Å². The van der Waals surface area contributed by atoms with Gasteiger partial charge in [-0.2, -0.15) is 0 Å². The van der Waals surface area contributed by atoms with Crippen molar-refractivity contribution in [2.45, 2.75) is 32.5 Å². The molecule has 0 saturated carbocycles. The molecule has 0 N–H and O–H groups in total. The summed E-state index contributed by atoms with van der Waals surface area (Å²) < 4.78 is 0. The average molecular weight is 483 g/mol. The van der Waals surface area contributed by atoms with Crippen molar-refractivity contribution in [2.24, 2.45) is 0 Å². The molecule has 0 unspecified atom stereocenters. The van der Waals surface area contributed by atoms with Crippen LogP contribution in [-0.2, 0) is 6.42 Å². The van der Waals surface area contributed by atoms with Gasteiger partial charge in [0.2, 0.25) is 0 Å². The summed E-state index contributed by atoms with van der Waals surface area (Å²) in [6, 6.07) is 34.5. The van der Waals surface area contributed by atoms with E-state index in [9.17, 15) is 0 Å². The lowest BCUT2D eigenvalue weighted by Crippen LogP contribution is -2.55. The minimum atomic E-state index is -2.17. The normalized spacial score (nSPS) is 16.8. The molecule has 0 nitrogen and oxygen atoms in total. The molecule has 0 fully saturated rings. The third-order valence-electron chi connectivity index (χ3n) is 8.29. The van der Waals surface area contributed by atoms with Gasteiger partial charge in [-0.25, -0.2) is 0 Å². The lowest BCUT2D eigenvalue weighted by Gasteiger charge is -2.17. The number of hydrogen-bond acceptors (Lipinski definition) is 0. The van der Waals surface area contributed by atoms with E-state index in [1.807, 2.05) is 0 Å². The Labute approximate surface area is 210 Å². The first kappa shape index (κ1) is 21.1. The van der Waals surface area contributed by atoms with Gasteiger partial charge in [0.1, 0.15) is 0 Å². The topological polar surface area (TPSA) is 0 Å². The van der Waals surface area contributed by atoms with E-state index in [1.54, 1.807) is 21.1 Å². The van der Waals surface area contributed by atoms with Crippen LogP contribution in [0.3, 0.4) is 0 Å². The second kappa shape index (κ2) is 7.40. The Morgan fingerprint density at radius 3 is 1.91 bits per heavy atom. The van der Waals surface area contributed by atoms with E-state index >= 15 is 0 Å². The molecule has 0 amide bonds. The number of fused-ring (bicyclic) bond motifs is 5. The molecule has 2 heteroatoms. The molecule has 0 spiro atoms. The Morgan fingerprint density at radius 1 is 0.657 bits per heavy atom. The Balaban J connectivity index is 1.53. The third-order valence-corrected chi connectivity index (χ3v) is 15.1. The predicted octanol–water partition coefficient (Wildman–Crippen LogP) is 5.54. The highest BCUT2D eigenvalue weighted by Gasteiger charge is 2.60. The SMILES string of the molecule is C[Si](C)(C)C1=CCC(c2cc3c(c4c2[Si]4(c2ccccc2)c2ccccc2)Cc2ccccc2-3)=C1. The summed E-state index contributed by atoms with van der Waals surface area (Å²) in [4.78, 5) is 0. The number of allylic oxidation sites excluding steroid dienone is 4. The zero-order chi connectivity index (χ0) is 23.8. The molecule has 7 rings (SSSR count). The van der Waals surface area contributed by atoms with Crippen LogP contribution in [-0.4, -0.2) is 16.1 Å². The monoisotopic (exact) mass is 482 g/mol. The number of hydrogen-bond donors (Lipinski definition) is 0. The molecule has 4 aromatic rings. The molecule has 3 aliphatic rings. The molecule has 1 heterocycles. The van der Waals surface area contributed by atoms with Gasteiger partial charge in [0.05, 0.1) is 8.07 Å². The summed E-state index contributed by atoms with van der Waals surface area (Å²) in [5.74, 6) is 0. The lowest BCUT2D eigenvalue weighted by molar-refractivity contribution is 1.28.